The molecule has 0 bridgehead atoms. The van der Waals surface area contributed by atoms with E-state index in [1.165, 1.54) is 4.40 Å². The van der Waals surface area contributed by atoms with Gasteiger partial charge in [-0.3, -0.25) is 4.79 Å². The largest absolute Gasteiger partial charge is 0.497 e. The zero-order chi connectivity index (χ0) is 21.3. The van der Waals surface area contributed by atoms with Crippen LogP contribution in [0.25, 0.3) is 17.0 Å². The van der Waals surface area contributed by atoms with Crippen LogP contribution in [0.3, 0.4) is 0 Å². The second-order valence-electron chi connectivity index (χ2n) is 7.00. The number of amides is 1. The zero-order valence-electron chi connectivity index (χ0n) is 16.9. The fraction of sp³-hybridized carbons (Fsp3) is 0.182. The third kappa shape index (κ3) is 3.80. The van der Waals surface area contributed by atoms with Gasteiger partial charge < -0.3 is 10.1 Å². The van der Waals surface area contributed by atoms with E-state index in [2.05, 4.69) is 15.4 Å². The molecule has 0 aliphatic rings. The molecule has 0 saturated heterocycles. The van der Waals surface area contributed by atoms with E-state index in [0.29, 0.717) is 22.9 Å². The monoisotopic (exact) mass is 403 g/mol. The van der Waals surface area contributed by atoms with E-state index in [4.69, 9.17) is 4.74 Å². The minimum atomic E-state index is -0.428. The Morgan fingerprint density at radius 1 is 1.07 bits per heavy atom. The van der Waals surface area contributed by atoms with Gasteiger partial charge in [0.2, 0.25) is 5.91 Å². The Bertz CT molecular complexity index is 1270. The van der Waals surface area contributed by atoms with E-state index in [-0.39, 0.29) is 12.5 Å². The summed E-state index contributed by atoms with van der Waals surface area (Å²) in [5.41, 5.74) is 3.23. The minimum absolute atomic E-state index is 0.199. The molecule has 0 aliphatic carbocycles. The SMILES string of the molecule is COc1ccc(-c2nc(C)cc3nn(CC(=O)Nc4ccc(C)cc4)c(=O)n23)cc1. The van der Waals surface area contributed by atoms with Crippen molar-refractivity contribution in [1.82, 2.24) is 19.2 Å². The number of benzene rings is 2. The number of hydrogen-bond acceptors (Lipinski definition) is 5. The Morgan fingerprint density at radius 3 is 2.43 bits per heavy atom. The van der Waals surface area contributed by atoms with Gasteiger partial charge in [-0.05, 0) is 50.2 Å². The molecule has 0 fully saturated rings. The Balaban J connectivity index is 1.68. The van der Waals surface area contributed by atoms with E-state index >= 15 is 0 Å². The summed E-state index contributed by atoms with van der Waals surface area (Å²) in [7, 11) is 1.59. The van der Waals surface area contributed by atoms with Gasteiger partial charge in [-0.15, -0.1) is 5.10 Å². The lowest BCUT2D eigenvalue weighted by molar-refractivity contribution is -0.117. The third-order valence-electron chi connectivity index (χ3n) is 4.67. The second-order valence-corrected chi connectivity index (χ2v) is 7.00. The summed E-state index contributed by atoms with van der Waals surface area (Å²) in [6.45, 7) is 3.61. The van der Waals surface area contributed by atoms with E-state index < -0.39 is 5.69 Å². The Labute approximate surface area is 172 Å². The fourth-order valence-electron chi connectivity index (χ4n) is 3.16. The van der Waals surface area contributed by atoms with Crippen LogP contribution in [0.2, 0.25) is 0 Å². The van der Waals surface area contributed by atoms with Gasteiger partial charge in [0.1, 0.15) is 18.1 Å². The van der Waals surface area contributed by atoms with Crippen molar-refractivity contribution in [3.63, 3.8) is 0 Å². The first-order chi connectivity index (χ1) is 14.4. The lowest BCUT2D eigenvalue weighted by atomic mass is 10.2. The zero-order valence-corrected chi connectivity index (χ0v) is 16.9. The van der Waals surface area contributed by atoms with E-state index in [9.17, 15) is 9.59 Å². The average Bonchev–Trinajstić information content (AvgIpc) is 3.04. The van der Waals surface area contributed by atoms with Crippen molar-refractivity contribution in [2.45, 2.75) is 20.4 Å². The van der Waals surface area contributed by atoms with Crippen LogP contribution in [0.5, 0.6) is 5.75 Å². The van der Waals surface area contributed by atoms with Crippen molar-refractivity contribution in [2.24, 2.45) is 0 Å². The number of ether oxygens (including phenoxy) is 1. The maximum Gasteiger partial charge on any atom is 0.352 e. The number of rotatable bonds is 5. The van der Waals surface area contributed by atoms with Crippen molar-refractivity contribution in [2.75, 3.05) is 12.4 Å². The van der Waals surface area contributed by atoms with Gasteiger partial charge in [-0.25, -0.2) is 18.9 Å². The van der Waals surface area contributed by atoms with Crippen molar-refractivity contribution >= 4 is 17.2 Å². The molecule has 0 radical (unpaired) electrons. The number of aromatic nitrogens is 4. The molecule has 0 saturated carbocycles. The molecule has 152 valence electrons. The molecule has 2 aromatic heterocycles. The van der Waals surface area contributed by atoms with Gasteiger partial charge in [0.25, 0.3) is 0 Å². The molecule has 2 aromatic carbocycles. The molecule has 4 rings (SSSR count). The Hall–Kier alpha value is -3.94. The number of nitrogens with one attached hydrogen (secondary N) is 1. The van der Waals surface area contributed by atoms with Crippen molar-refractivity contribution in [3.8, 4) is 17.1 Å². The van der Waals surface area contributed by atoms with Crippen LogP contribution in [-0.4, -0.2) is 32.2 Å². The molecular weight excluding hydrogens is 382 g/mol. The van der Waals surface area contributed by atoms with Gasteiger partial charge in [0.15, 0.2) is 5.65 Å². The highest BCUT2D eigenvalue weighted by Crippen LogP contribution is 2.21. The highest BCUT2D eigenvalue weighted by molar-refractivity contribution is 5.90. The van der Waals surface area contributed by atoms with Crippen LogP contribution >= 0.6 is 0 Å². The standard InChI is InChI=1S/C22H21N5O3/c1-14-4-8-17(9-5-14)24-20(28)13-26-22(29)27-19(25-26)12-15(2)23-21(27)16-6-10-18(30-3)11-7-16/h4-12H,13H2,1-3H3,(H,24,28). The average molecular weight is 403 g/mol. The van der Waals surface area contributed by atoms with Crippen LogP contribution in [0.4, 0.5) is 5.69 Å². The molecule has 8 heteroatoms. The lowest BCUT2D eigenvalue weighted by Crippen LogP contribution is -2.28. The number of fused-ring (bicyclic) bond motifs is 1. The number of hydrogen-bond donors (Lipinski definition) is 1. The highest BCUT2D eigenvalue weighted by Gasteiger charge is 2.16. The molecule has 1 N–H and O–H groups in total. The maximum absolute atomic E-state index is 13.0. The Morgan fingerprint density at radius 2 is 1.77 bits per heavy atom. The quantitative estimate of drug-likeness (QED) is 0.553. The summed E-state index contributed by atoms with van der Waals surface area (Å²) < 4.78 is 7.75. The van der Waals surface area contributed by atoms with Crippen molar-refractivity contribution in [3.05, 3.63) is 76.3 Å². The van der Waals surface area contributed by atoms with Gasteiger partial charge in [0.05, 0.1) is 7.11 Å². The topological polar surface area (TPSA) is 90.5 Å². The normalized spacial score (nSPS) is 10.9. The van der Waals surface area contributed by atoms with Crippen LogP contribution in [0.15, 0.2) is 59.4 Å². The van der Waals surface area contributed by atoms with Crippen LogP contribution in [0, 0.1) is 13.8 Å². The lowest BCUT2D eigenvalue weighted by Gasteiger charge is -2.06. The summed E-state index contributed by atoms with van der Waals surface area (Å²) in [5.74, 6) is 0.835. The molecular formula is C22H21N5O3. The molecule has 4 aromatic rings. The van der Waals surface area contributed by atoms with Crippen LogP contribution < -0.4 is 15.7 Å². The maximum atomic E-state index is 13.0. The predicted octanol–water partition coefficient (Wildman–Crippen LogP) is 2.82. The molecule has 2 heterocycles. The number of anilines is 1. The van der Waals surface area contributed by atoms with Gasteiger partial charge in [-0.1, -0.05) is 17.7 Å². The summed E-state index contributed by atoms with van der Waals surface area (Å²) in [4.78, 5) is 30.0. The minimum Gasteiger partial charge on any atom is -0.497 e. The van der Waals surface area contributed by atoms with E-state index in [1.54, 1.807) is 25.3 Å². The van der Waals surface area contributed by atoms with Crippen LogP contribution in [0.1, 0.15) is 11.3 Å². The number of nitrogens with zero attached hydrogens (tertiary/aromatic N) is 4. The summed E-state index contributed by atoms with van der Waals surface area (Å²) in [6.07, 6.45) is 0. The summed E-state index contributed by atoms with van der Waals surface area (Å²) in [5, 5.41) is 7.11. The van der Waals surface area contributed by atoms with Gasteiger partial charge in [-0.2, -0.15) is 0 Å². The molecule has 1 amide bonds. The molecule has 0 aliphatic heterocycles. The first kappa shape index (κ1) is 19.4. The number of aryl methyl sites for hydroxylation is 2. The molecule has 0 unspecified atom stereocenters. The number of carbonyl (C=O) groups excluding carboxylic acids is 1. The third-order valence-corrected chi connectivity index (χ3v) is 4.67. The summed E-state index contributed by atoms with van der Waals surface area (Å²) >= 11 is 0. The first-order valence-corrected chi connectivity index (χ1v) is 9.43. The van der Waals surface area contributed by atoms with E-state index in [0.717, 1.165) is 21.5 Å². The van der Waals surface area contributed by atoms with Crippen molar-refractivity contribution in [1.29, 1.82) is 0 Å². The smallest absolute Gasteiger partial charge is 0.352 e. The molecule has 0 atom stereocenters. The Kier molecular flexibility index (Phi) is 5.05. The molecule has 0 spiro atoms. The first-order valence-electron chi connectivity index (χ1n) is 9.43. The number of methoxy groups -OCH3 is 1. The molecule has 30 heavy (non-hydrogen) atoms. The molecule has 8 nitrogen and oxygen atoms in total. The number of carbonyl (C=O) groups is 1. The predicted molar refractivity (Wildman–Crippen MR) is 114 cm³/mol. The summed E-state index contributed by atoms with van der Waals surface area (Å²) in [6, 6.07) is 16.4. The van der Waals surface area contributed by atoms with E-state index in [1.807, 2.05) is 50.2 Å². The fourth-order valence-corrected chi connectivity index (χ4v) is 3.16. The second kappa shape index (κ2) is 7.82. The van der Waals surface area contributed by atoms with Gasteiger partial charge >= 0.3 is 5.69 Å². The van der Waals surface area contributed by atoms with Crippen molar-refractivity contribution < 1.29 is 9.53 Å². The van der Waals surface area contributed by atoms with Gasteiger partial charge in [0, 0.05) is 23.0 Å². The highest BCUT2D eigenvalue weighted by atomic mass is 16.5. The van der Waals surface area contributed by atoms with Crippen LogP contribution in [-0.2, 0) is 11.3 Å².